The minimum absolute atomic E-state index is 0. The molecule has 1 amide bonds. The van der Waals surface area contributed by atoms with Gasteiger partial charge in [0.25, 0.3) is 5.91 Å². The molecule has 8 heteroatoms. The number of phenolic OH excluding ortho intramolecular Hbond substituents is 1. The van der Waals surface area contributed by atoms with Gasteiger partial charge in [-0.05, 0) is 75.5 Å². The second-order valence-corrected chi connectivity index (χ2v) is 10.4. The monoisotopic (exact) mass is 562 g/mol. The Morgan fingerprint density at radius 1 is 0.975 bits per heavy atom. The number of hydrogen-bond acceptors (Lipinski definition) is 4. The molecule has 1 unspecified atom stereocenters. The first-order chi connectivity index (χ1) is 19.0. The van der Waals surface area contributed by atoms with Gasteiger partial charge < -0.3 is 19.9 Å². The van der Waals surface area contributed by atoms with Crippen LogP contribution in [0.2, 0.25) is 0 Å². The molecule has 0 bridgehead atoms. The van der Waals surface area contributed by atoms with Crippen LogP contribution in [-0.2, 0) is 0 Å². The SMILES string of the molecule is CCN(CC)C(=O)c1ccc(C(CCN2CCC(n3c(=O)[nH]c4ccccc43)CC2)c2ccccc2O)cc1.Cl. The fraction of sp³-hybridized carbons (Fsp3) is 0.375. The van der Waals surface area contributed by atoms with Crippen molar-refractivity contribution in [3.63, 3.8) is 0 Å². The predicted molar refractivity (Wildman–Crippen MR) is 163 cm³/mol. The van der Waals surface area contributed by atoms with E-state index in [1.807, 2.05) is 90.0 Å². The first-order valence-electron chi connectivity index (χ1n) is 14.1. The van der Waals surface area contributed by atoms with E-state index in [0.29, 0.717) is 24.4 Å². The number of nitrogens with one attached hydrogen (secondary N) is 1. The number of piperidine rings is 1. The molecule has 0 saturated carbocycles. The molecule has 1 aliphatic heterocycles. The van der Waals surface area contributed by atoms with Crippen molar-refractivity contribution in [2.24, 2.45) is 0 Å². The van der Waals surface area contributed by atoms with Gasteiger partial charge in [-0.15, -0.1) is 12.4 Å². The Balaban J connectivity index is 0.00000370. The van der Waals surface area contributed by atoms with Crippen molar-refractivity contribution in [1.82, 2.24) is 19.4 Å². The Morgan fingerprint density at radius 3 is 2.30 bits per heavy atom. The van der Waals surface area contributed by atoms with Gasteiger partial charge in [0.05, 0.1) is 11.0 Å². The number of carbonyl (C=O) groups is 1. The fourth-order valence-corrected chi connectivity index (χ4v) is 5.98. The molecule has 1 saturated heterocycles. The molecule has 3 aromatic carbocycles. The maximum atomic E-state index is 12.8. The van der Waals surface area contributed by atoms with Crippen molar-refractivity contribution in [3.8, 4) is 5.75 Å². The summed E-state index contributed by atoms with van der Waals surface area (Å²) in [5, 5.41) is 10.7. The Bertz CT molecular complexity index is 1470. The lowest BCUT2D eigenvalue weighted by molar-refractivity contribution is 0.0773. The van der Waals surface area contributed by atoms with Gasteiger partial charge in [0.15, 0.2) is 0 Å². The number of para-hydroxylation sites is 3. The lowest BCUT2D eigenvalue weighted by atomic mass is 9.87. The number of phenols is 1. The van der Waals surface area contributed by atoms with E-state index < -0.39 is 0 Å². The summed E-state index contributed by atoms with van der Waals surface area (Å²) < 4.78 is 1.93. The summed E-state index contributed by atoms with van der Waals surface area (Å²) in [7, 11) is 0. The normalized spacial score (nSPS) is 15.1. The molecular formula is C32H39ClN4O3. The molecule has 0 aliphatic carbocycles. The third-order valence-corrected chi connectivity index (χ3v) is 8.20. The number of H-pyrrole nitrogens is 1. The van der Waals surface area contributed by atoms with E-state index in [0.717, 1.165) is 61.1 Å². The van der Waals surface area contributed by atoms with E-state index in [2.05, 4.69) is 9.88 Å². The number of imidazole rings is 1. The average Bonchev–Trinajstić information content (AvgIpc) is 3.31. The number of hydrogen-bond donors (Lipinski definition) is 2. The fourth-order valence-electron chi connectivity index (χ4n) is 5.98. The zero-order valence-electron chi connectivity index (χ0n) is 23.3. The number of carbonyl (C=O) groups excluding carboxylic acids is 1. The summed E-state index contributed by atoms with van der Waals surface area (Å²) in [4.78, 5) is 32.7. The van der Waals surface area contributed by atoms with E-state index in [1.54, 1.807) is 6.07 Å². The highest BCUT2D eigenvalue weighted by molar-refractivity contribution is 5.94. The Kier molecular flexibility index (Phi) is 9.71. The molecule has 5 rings (SSSR count). The minimum Gasteiger partial charge on any atom is -0.508 e. The largest absolute Gasteiger partial charge is 0.508 e. The van der Waals surface area contributed by atoms with Crippen LogP contribution in [0.5, 0.6) is 5.75 Å². The van der Waals surface area contributed by atoms with Crippen molar-refractivity contribution >= 4 is 29.3 Å². The van der Waals surface area contributed by atoms with Crippen LogP contribution < -0.4 is 5.69 Å². The number of benzene rings is 3. The predicted octanol–water partition coefficient (Wildman–Crippen LogP) is 5.80. The first kappa shape index (κ1) is 29.4. The molecule has 1 aliphatic rings. The number of halogens is 1. The molecule has 40 heavy (non-hydrogen) atoms. The second-order valence-electron chi connectivity index (χ2n) is 10.4. The molecule has 2 heterocycles. The van der Waals surface area contributed by atoms with E-state index in [-0.39, 0.29) is 36.0 Å². The molecule has 7 nitrogen and oxygen atoms in total. The lowest BCUT2D eigenvalue weighted by Gasteiger charge is -2.33. The molecule has 4 aromatic rings. The highest BCUT2D eigenvalue weighted by Gasteiger charge is 2.25. The quantitative estimate of drug-likeness (QED) is 0.270. The number of likely N-dealkylation sites (tertiary alicyclic amines) is 1. The van der Waals surface area contributed by atoms with Gasteiger partial charge in [-0.1, -0.05) is 42.5 Å². The first-order valence-corrected chi connectivity index (χ1v) is 14.1. The summed E-state index contributed by atoms with van der Waals surface area (Å²) in [5.41, 5.74) is 4.52. The molecule has 1 atom stereocenters. The van der Waals surface area contributed by atoms with Crippen molar-refractivity contribution < 1.29 is 9.90 Å². The second kappa shape index (κ2) is 13.2. The minimum atomic E-state index is -0.0304. The molecule has 0 radical (unpaired) electrons. The van der Waals surface area contributed by atoms with Crippen molar-refractivity contribution in [1.29, 1.82) is 0 Å². The number of fused-ring (bicyclic) bond motifs is 1. The van der Waals surface area contributed by atoms with Crippen LogP contribution in [0, 0.1) is 0 Å². The van der Waals surface area contributed by atoms with Crippen LogP contribution in [-0.4, -0.2) is 63.1 Å². The number of aromatic hydroxyl groups is 1. The molecule has 0 spiro atoms. The zero-order valence-corrected chi connectivity index (χ0v) is 24.1. The Labute approximate surface area is 241 Å². The van der Waals surface area contributed by atoms with Gasteiger partial charge in [-0.3, -0.25) is 9.36 Å². The van der Waals surface area contributed by atoms with Crippen molar-refractivity contribution in [2.75, 3.05) is 32.7 Å². The number of aromatic amines is 1. The van der Waals surface area contributed by atoms with Gasteiger partial charge in [0.1, 0.15) is 5.75 Å². The van der Waals surface area contributed by atoms with E-state index in [9.17, 15) is 14.7 Å². The smallest absolute Gasteiger partial charge is 0.326 e. The highest BCUT2D eigenvalue weighted by atomic mass is 35.5. The topological polar surface area (TPSA) is 81.6 Å². The lowest BCUT2D eigenvalue weighted by Crippen LogP contribution is -2.37. The van der Waals surface area contributed by atoms with Crippen LogP contribution in [0.4, 0.5) is 0 Å². The summed E-state index contributed by atoms with van der Waals surface area (Å²) in [6, 6.07) is 23.5. The van der Waals surface area contributed by atoms with Gasteiger partial charge in [-0.2, -0.15) is 0 Å². The van der Waals surface area contributed by atoms with Gasteiger partial charge in [0, 0.05) is 49.3 Å². The number of aromatic nitrogens is 2. The summed E-state index contributed by atoms with van der Waals surface area (Å²) in [5.74, 6) is 0.351. The van der Waals surface area contributed by atoms with E-state index >= 15 is 0 Å². The van der Waals surface area contributed by atoms with Crippen LogP contribution in [0.3, 0.4) is 0 Å². The summed E-state index contributed by atoms with van der Waals surface area (Å²) in [6.07, 6.45) is 2.69. The molecule has 1 fully saturated rings. The maximum absolute atomic E-state index is 12.8. The standard InChI is InChI=1S/C32H38N4O3.ClH/c1-3-35(4-2)31(38)24-15-13-23(14-16-24)26(27-9-5-8-12-30(27)37)19-22-34-20-17-25(18-21-34)36-29-11-7-6-10-28(29)33-32(36)39;/h5-16,25-26,37H,3-4,17-22H2,1-2H3,(H,33,39);1H. The molecule has 212 valence electrons. The van der Waals surface area contributed by atoms with Crippen LogP contribution in [0.15, 0.2) is 77.6 Å². The molecule has 1 aromatic heterocycles. The van der Waals surface area contributed by atoms with E-state index in [4.69, 9.17) is 0 Å². The Morgan fingerprint density at radius 2 is 1.62 bits per heavy atom. The summed E-state index contributed by atoms with van der Waals surface area (Å²) >= 11 is 0. The van der Waals surface area contributed by atoms with Crippen molar-refractivity contribution in [3.05, 3.63) is 100.0 Å². The van der Waals surface area contributed by atoms with Gasteiger partial charge in [0.2, 0.25) is 0 Å². The molecular weight excluding hydrogens is 524 g/mol. The molecule has 2 N–H and O–H groups in total. The van der Waals surface area contributed by atoms with E-state index in [1.165, 1.54) is 0 Å². The van der Waals surface area contributed by atoms with Crippen LogP contribution >= 0.6 is 12.4 Å². The highest BCUT2D eigenvalue weighted by Crippen LogP contribution is 2.35. The van der Waals surface area contributed by atoms with Crippen LogP contribution in [0.25, 0.3) is 11.0 Å². The van der Waals surface area contributed by atoms with Crippen molar-refractivity contribution in [2.45, 2.75) is 45.1 Å². The van der Waals surface area contributed by atoms with Crippen LogP contribution in [0.1, 0.15) is 66.6 Å². The number of rotatable bonds is 9. The zero-order chi connectivity index (χ0) is 27.4. The van der Waals surface area contributed by atoms with Gasteiger partial charge >= 0.3 is 5.69 Å². The summed E-state index contributed by atoms with van der Waals surface area (Å²) in [6.45, 7) is 8.07. The third kappa shape index (κ3) is 6.11. The third-order valence-electron chi connectivity index (χ3n) is 8.20. The number of nitrogens with zero attached hydrogens (tertiary/aromatic N) is 3. The van der Waals surface area contributed by atoms with Gasteiger partial charge in [-0.25, -0.2) is 4.79 Å². The number of amides is 1. The Hall–Kier alpha value is -3.55. The average molecular weight is 563 g/mol. The maximum Gasteiger partial charge on any atom is 0.326 e.